The molecule has 1 heterocycles. The van der Waals surface area contributed by atoms with E-state index in [2.05, 4.69) is 34.4 Å². The Labute approximate surface area is 169 Å². The second-order valence-corrected chi connectivity index (χ2v) is 6.65. The average molecular weight is 390 g/mol. The number of ether oxygens (including phenoxy) is 1. The molecule has 0 bridgehead atoms. The van der Waals surface area contributed by atoms with Gasteiger partial charge in [-0.2, -0.15) is 0 Å². The van der Waals surface area contributed by atoms with E-state index in [0.29, 0.717) is 17.6 Å². The van der Waals surface area contributed by atoms with E-state index < -0.39 is 11.9 Å². The van der Waals surface area contributed by atoms with Crippen molar-refractivity contribution in [2.24, 2.45) is 0 Å². The molecule has 0 atom stereocenters. The quantitative estimate of drug-likeness (QED) is 0.607. The first-order valence-corrected chi connectivity index (χ1v) is 9.16. The zero-order valence-electron chi connectivity index (χ0n) is 16.5. The zero-order valence-corrected chi connectivity index (χ0v) is 16.5. The van der Waals surface area contributed by atoms with E-state index in [4.69, 9.17) is 4.74 Å². The van der Waals surface area contributed by atoms with Gasteiger partial charge in [0.05, 0.1) is 23.9 Å². The summed E-state index contributed by atoms with van der Waals surface area (Å²) in [5, 5.41) is 5.88. The van der Waals surface area contributed by atoms with Gasteiger partial charge >= 0.3 is 5.97 Å². The SMILES string of the molecule is COC(=O)c1ccccc1NC(=O)c1cnc(Nc2ccccc2C(C)C)nc1. The molecule has 0 saturated heterocycles. The number of hydrogen-bond acceptors (Lipinski definition) is 6. The fraction of sp³-hybridized carbons (Fsp3) is 0.182. The molecule has 7 heteroatoms. The highest BCUT2D eigenvalue weighted by Gasteiger charge is 2.15. The molecular formula is C22H22N4O3. The second kappa shape index (κ2) is 8.97. The molecule has 148 valence electrons. The fourth-order valence-corrected chi connectivity index (χ4v) is 2.82. The average Bonchev–Trinajstić information content (AvgIpc) is 2.74. The van der Waals surface area contributed by atoms with Crippen LogP contribution in [0.2, 0.25) is 0 Å². The predicted octanol–water partition coefficient (Wildman–Crippen LogP) is 4.38. The summed E-state index contributed by atoms with van der Waals surface area (Å²) in [6.45, 7) is 4.22. The van der Waals surface area contributed by atoms with Crippen LogP contribution in [-0.4, -0.2) is 29.0 Å². The van der Waals surface area contributed by atoms with Crippen LogP contribution in [0.15, 0.2) is 60.9 Å². The third kappa shape index (κ3) is 4.76. The standard InChI is InChI=1S/C22H22N4O3/c1-14(2)16-8-4-6-10-18(16)26-22-23-12-15(13-24-22)20(27)25-19-11-7-5-9-17(19)21(28)29-3/h4-14H,1-3H3,(H,25,27)(H,23,24,26). The Hall–Kier alpha value is -3.74. The molecule has 0 unspecified atom stereocenters. The highest BCUT2D eigenvalue weighted by Crippen LogP contribution is 2.25. The maximum absolute atomic E-state index is 12.5. The van der Waals surface area contributed by atoms with Crippen LogP contribution in [0.3, 0.4) is 0 Å². The van der Waals surface area contributed by atoms with Crippen LogP contribution in [0, 0.1) is 0 Å². The Morgan fingerprint density at radius 3 is 2.21 bits per heavy atom. The van der Waals surface area contributed by atoms with Crippen LogP contribution < -0.4 is 10.6 Å². The second-order valence-electron chi connectivity index (χ2n) is 6.65. The number of carbonyl (C=O) groups is 2. The Bertz CT molecular complexity index is 1020. The molecule has 29 heavy (non-hydrogen) atoms. The minimum absolute atomic E-state index is 0.271. The van der Waals surface area contributed by atoms with Crippen molar-refractivity contribution in [3.63, 3.8) is 0 Å². The van der Waals surface area contributed by atoms with Crippen molar-refractivity contribution in [1.82, 2.24) is 9.97 Å². The van der Waals surface area contributed by atoms with E-state index in [1.54, 1.807) is 24.3 Å². The Kier molecular flexibility index (Phi) is 6.19. The number of nitrogens with one attached hydrogen (secondary N) is 2. The molecule has 0 aliphatic heterocycles. The largest absolute Gasteiger partial charge is 0.465 e. The van der Waals surface area contributed by atoms with Crippen LogP contribution in [0.25, 0.3) is 0 Å². The lowest BCUT2D eigenvalue weighted by atomic mass is 10.0. The van der Waals surface area contributed by atoms with Gasteiger partial charge in [0.2, 0.25) is 5.95 Å². The first-order chi connectivity index (χ1) is 14.0. The van der Waals surface area contributed by atoms with Crippen LogP contribution in [0.4, 0.5) is 17.3 Å². The van der Waals surface area contributed by atoms with Gasteiger partial charge in [-0.3, -0.25) is 4.79 Å². The molecule has 1 amide bonds. The molecule has 0 aliphatic carbocycles. The van der Waals surface area contributed by atoms with E-state index in [1.807, 2.05) is 24.3 Å². The van der Waals surface area contributed by atoms with E-state index in [1.165, 1.54) is 19.5 Å². The summed E-state index contributed by atoms with van der Waals surface area (Å²) in [7, 11) is 1.29. The van der Waals surface area contributed by atoms with Crippen LogP contribution in [0.5, 0.6) is 0 Å². The molecule has 0 aliphatic rings. The number of nitrogens with zero attached hydrogens (tertiary/aromatic N) is 2. The van der Waals surface area contributed by atoms with Gasteiger partial charge in [-0.1, -0.05) is 44.2 Å². The van der Waals surface area contributed by atoms with Crippen molar-refractivity contribution in [3.05, 3.63) is 77.6 Å². The van der Waals surface area contributed by atoms with Gasteiger partial charge in [0, 0.05) is 18.1 Å². The number of carbonyl (C=O) groups excluding carboxylic acids is 2. The highest BCUT2D eigenvalue weighted by atomic mass is 16.5. The predicted molar refractivity (Wildman–Crippen MR) is 112 cm³/mol. The molecule has 2 N–H and O–H groups in total. The number of esters is 1. The number of anilines is 3. The Morgan fingerprint density at radius 2 is 1.55 bits per heavy atom. The lowest BCUT2D eigenvalue weighted by Gasteiger charge is -2.13. The maximum Gasteiger partial charge on any atom is 0.339 e. The minimum Gasteiger partial charge on any atom is -0.465 e. The van der Waals surface area contributed by atoms with Crippen LogP contribution in [0.1, 0.15) is 46.0 Å². The summed E-state index contributed by atoms with van der Waals surface area (Å²) < 4.78 is 4.74. The molecule has 1 aromatic heterocycles. The van der Waals surface area contributed by atoms with Gasteiger partial charge in [0.15, 0.2) is 0 Å². The first-order valence-electron chi connectivity index (χ1n) is 9.16. The van der Waals surface area contributed by atoms with Crippen molar-refractivity contribution < 1.29 is 14.3 Å². The monoisotopic (exact) mass is 390 g/mol. The summed E-state index contributed by atoms with van der Waals surface area (Å²) in [6.07, 6.45) is 2.87. The van der Waals surface area contributed by atoms with Crippen molar-refractivity contribution in [2.75, 3.05) is 17.7 Å². The van der Waals surface area contributed by atoms with Gasteiger partial charge in [-0.15, -0.1) is 0 Å². The van der Waals surface area contributed by atoms with Crippen molar-refractivity contribution in [3.8, 4) is 0 Å². The van der Waals surface area contributed by atoms with Crippen LogP contribution in [-0.2, 0) is 4.74 Å². The van der Waals surface area contributed by atoms with Gasteiger partial charge in [0.1, 0.15) is 0 Å². The molecule has 0 radical (unpaired) electrons. The maximum atomic E-state index is 12.5. The van der Waals surface area contributed by atoms with Gasteiger partial charge in [-0.25, -0.2) is 14.8 Å². The molecule has 3 rings (SSSR count). The Morgan fingerprint density at radius 1 is 0.931 bits per heavy atom. The van der Waals surface area contributed by atoms with Gasteiger partial charge in [0.25, 0.3) is 5.91 Å². The molecule has 0 spiro atoms. The topological polar surface area (TPSA) is 93.2 Å². The lowest BCUT2D eigenvalue weighted by Crippen LogP contribution is -2.16. The summed E-state index contributed by atoms with van der Waals surface area (Å²) in [5.41, 5.74) is 2.97. The summed E-state index contributed by atoms with van der Waals surface area (Å²) in [4.78, 5) is 32.8. The molecule has 0 fully saturated rings. The summed E-state index contributed by atoms with van der Waals surface area (Å²) in [6, 6.07) is 14.6. The molecular weight excluding hydrogens is 368 g/mol. The first kappa shape index (κ1) is 20.0. The normalized spacial score (nSPS) is 10.5. The van der Waals surface area contributed by atoms with Gasteiger partial charge in [-0.05, 0) is 29.7 Å². The lowest BCUT2D eigenvalue weighted by molar-refractivity contribution is 0.0602. The molecule has 7 nitrogen and oxygen atoms in total. The number of benzene rings is 2. The molecule has 3 aromatic rings. The van der Waals surface area contributed by atoms with E-state index >= 15 is 0 Å². The van der Waals surface area contributed by atoms with E-state index in [-0.39, 0.29) is 11.1 Å². The smallest absolute Gasteiger partial charge is 0.339 e. The summed E-state index contributed by atoms with van der Waals surface area (Å²) in [5.74, 6) is -0.209. The van der Waals surface area contributed by atoms with Crippen molar-refractivity contribution in [2.45, 2.75) is 19.8 Å². The number of rotatable bonds is 6. The molecule has 2 aromatic carbocycles. The Balaban J connectivity index is 1.74. The third-order valence-electron chi connectivity index (χ3n) is 4.32. The zero-order chi connectivity index (χ0) is 20.8. The van der Waals surface area contributed by atoms with E-state index in [9.17, 15) is 9.59 Å². The molecule has 0 saturated carbocycles. The number of amides is 1. The third-order valence-corrected chi connectivity index (χ3v) is 4.32. The summed E-state index contributed by atoms with van der Waals surface area (Å²) >= 11 is 0. The van der Waals surface area contributed by atoms with Crippen molar-refractivity contribution >= 4 is 29.2 Å². The number of para-hydroxylation sites is 2. The van der Waals surface area contributed by atoms with Gasteiger partial charge < -0.3 is 15.4 Å². The fourth-order valence-electron chi connectivity index (χ4n) is 2.82. The van der Waals surface area contributed by atoms with E-state index in [0.717, 1.165) is 11.3 Å². The van der Waals surface area contributed by atoms with Crippen molar-refractivity contribution in [1.29, 1.82) is 0 Å². The van der Waals surface area contributed by atoms with Crippen LogP contribution >= 0.6 is 0 Å². The highest BCUT2D eigenvalue weighted by molar-refractivity contribution is 6.07. The number of aromatic nitrogens is 2. The number of hydrogen-bond donors (Lipinski definition) is 2. The number of methoxy groups -OCH3 is 1. The minimum atomic E-state index is -0.527.